The normalized spacial score (nSPS) is 10.0. The molecule has 0 aliphatic rings. The third kappa shape index (κ3) is 3.67. The number of fused-ring (bicyclic) bond motifs is 1. The summed E-state index contributed by atoms with van der Waals surface area (Å²) in [7, 11) is 0. The van der Waals surface area contributed by atoms with Crippen molar-refractivity contribution in [3.05, 3.63) is 64.7 Å². The van der Waals surface area contributed by atoms with E-state index < -0.39 is 0 Å². The summed E-state index contributed by atoms with van der Waals surface area (Å²) in [4.78, 5) is 27.5. The fourth-order valence-corrected chi connectivity index (χ4v) is 2.87. The van der Waals surface area contributed by atoms with Crippen LogP contribution in [-0.2, 0) is 0 Å². The van der Waals surface area contributed by atoms with Gasteiger partial charge in [-0.15, -0.1) is 11.3 Å². The van der Waals surface area contributed by atoms with Gasteiger partial charge in [0.25, 0.3) is 5.91 Å². The third-order valence-corrected chi connectivity index (χ3v) is 4.25. The second-order valence-corrected chi connectivity index (χ2v) is 6.04. The Labute approximate surface area is 143 Å². The molecule has 0 aliphatic carbocycles. The molecule has 0 spiro atoms. The van der Waals surface area contributed by atoms with Gasteiger partial charge in [-0.05, 0) is 37.3 Å². The molecule has 0 fully saturated rings. The number of nitrogens with one attached hydrogen (secondary N) is 1. The molecule has 3 rings (SSSR count). The van der Waals surface area contributed by atoms with Crippen molar-refractivity contribution in [1.29, 1.82) is 0 Å². The first-order valence-corrected chi connectivity index (χ1v) is 8.23. The third-order valence-electron chi connectivity index (χ3n) is 3.45. The number of aromatic nitrogens is 1. The van der Waals surface area contributed by atoms with Gasteiger partial charge in [0.15, 0.2) is 5.78 Å². The van der Waals surface area contributed by atoms with Crippen LogP contribution in [0.15, 0.2) is 48.0 Å². The summed E-state index contributed by atoms with van der Waals surface area (Å²) in [6.45, 7) is 1.79. The molecule has 0 unspecified atom stereocenters. The second-order valence-electron chi connectivity index (χ2n) is 5.15. The van der Waals surface area contributed by atoms with Gasteiger partial charge in [-0.1, -0.05) is 24.0 Å². The minimum Gasteiger partial charge on any atom is -0.341 e. The average molecular weight is 334 g/mol. The standard InChI is InChI=1S/C19H14N2O2S/c1-13(22)15-6-4-14(5-7-15)3-2-10-20-19(23)16-8-9-17-18(11-16)24-12-21-17/h4-9,11-12H,10H2,1H3,(H,20,23). The largest absolute Gasteiger partial charge is 0.341 e. The molecule has 3 aromatic rings. The molecule has 1 aromatic heterocycles. The predicted octanol–water partition coefficient (Wildman–Crippen LogP) is 3.28. The van der Waals surface area contributed by atoms with Crippen molar-refractivity contribution in [3.63, 3.8) is 0 Å². The molecule has 1 heterocycles. The number of Topliss-reactive ketones (excluding diaryl/α,β-unsaturated/α-hetero) is 1. The van der Waals surface area contributed by atoms with Crippen LogP contribution in [0, 0.1) is 11.8 Å². The number of thiazole rings is 1. The highest BCUT2D eigenvalue weighted by Crippen LogP contribution is 2.18. The van der Waals surface area contributed by atoms with Crippen LogP contribution >= 0.6 is 11.3 Å². The quantitative estimate of drug-likeness (QED) is 0.591. The molecule has 1 N–H and O–H groups in total. The van der Waals surface area contributed by atoms with Crippen molar-refractivity contribution in [2.75, 3.05) is 6.54 Å². The number of carbonyl (C=O) groups is 2. The Morgan fingerprint density at radius 2 is 1.88 bits per heavy atom. The van der Waals surface area contributed by atoms with Crippen molar-refractivity contribution >= 4 is 33.2 Å². The van der Waals surface area contributed by atoms with Crippen molar-refractivity contribution in [2.24, 2.45) is 0 Å². The number of ketones is 1. The molecule has 118 valence electrons. The molecule has 0 saturated heterocycles. The Morgan fingerprint density at radius 3 is 2.62 bits per heavy atom. The van der Waals surface area contributed by atoms with E-state index in [1.807, 2.05) is 12.1 Å². The number of benzene rings is 2. The number of rotatable bonds is 3. The zero-order valence-electron chi connectivity index (χ0n) is 13.0. The first-order chi connectivity index (χ1) is 11.6. The van der Waals surface area contributed by atoms with E-state index in [9.17, 15) is 9.59 Å². The van der Waals surface area contributed by atoms with E-state index in [0.717, 1.165) is 15.8 Å². The van der Waals surface area contributed by atoms with Crippen LogP contribution in [0.25, 0.3) is 10.2 Å². The molecule has 5 heteroatoms. The lowest BCUT2D eigenvalue weighted by atomic mass is 10.1. The molecule has 0 bridgehead atoms. The number of nitrogens with zero attached hydrogens (tertiary/aromatic N) is 1. The van der Waals surface area contributed by atoms with Gasteiger partial charge in [0, 0.05) is 16.7 Å². The monoisotopic (exact) mass is 334 g/mol. The van der Waals surface area contributed by atoms with Gasteiger partial charge in [0.2, 0.25) is 0 Å². The molecular formula is C19H14N2O2S. The smallest absolute Gasteiger partial charge is 0.252 e. The highest BCUT2D eigenvalue weighted by atomic mass is 32.1. The summed E-state index contributed by atoms with van der Waals surface area (Å²) in [6.07, 6.45) is 0. The maximum absolute atomic E-state index is 12.1. The minimum absolute atomic E-state index is 0.0275. The summed E-state index contributed by atoms with van der Waals surface area (Å²) < 4.78 is 0.985. The summed E-state index contributed by atoms with van der Waals surface area (Å²) >= 11 is 1.50. The summed E-state index contributed by atoms with van der Waals surface area (Å²) in [5.41, 5.74) is 4.72. The predicted molar refractivity (Wildman–Crippen MR) is 95.3 cm³/mol. The highest BCUT2D eigenvalue weighted by Gasteiger charge is 2.06. The summed E-state index contributed by atoms with van der Waals surface area (Å²) in [5.74, 6) is 5.73. The molecule has 0 aliphatic heterocycles. The van der Waals surface area contributed by atoms with Crippen LogP contribution in [0.1, 0.15) is 33.2 Å². The molecule has 4 nitrogen and oxygen atoms in total. The van der Waals surface area contributed by atoms with Crippen LogP contribution in [0.5, 0.6) is 0 Å². The first-order valence-electron chi connectivity index (χ1n) is 7.35. The van der Waals surface area contributed by atoms with Crippen LogP contribution in [0.2, 0.25) is 0 Å². The number of amides is 1. The fourth-order valence-electron chi connectivity index (χ4n) is 2.16. The van der Waals surface area contributed by atoms with E-state index in [0.29, 0.717) is 11.1 Å². The van der Waals surface area contributed by atoms with Crippen molar-refractivity contribution in [2.45, 2.75) is 6.92 Å². The van der Waals surface area contributed by atoms with Crippen LogP contribution in [-0.4, -0.2) is 23.2 Å². The second kappa shape index (κ2) is 7.07. The molecule has 0 atom stereocenters. The number of hydrogen-bond acceptors (Lipinski definition) is 4. The van der Waals surface area contributed by atoms with Gasteiger partial charge < -0.3 is 5.32 Å². The maximum Gasteiger partial charge on any atom is 0.252 e. The van der Waals surface area contributed by atoms with Gasteiger partial charge in [-0.25, -0.2) is 4.98 Å². The molecule has 2 aromatic carbocycles. The number of carbonyl (C=O) groups excluding carboxylic acids is 2. The van der Waals surface area contributed by atoms with E-state index >= 15 is 0 Å². The SMILES string of the molecule is CC(=O)c1ccc(C#CCNC(=O)c2ccc3ncsc3c2)cc1. The van der Waals surface area contributed by atoms with Crippen molar-refractivity contribution < 1.29 is 9.59 Å². The Balaban J connectivity index is 1.59. The summed E-state index contributed by atoms with van der Waals surface area (Å²) in [5, 5.41) is 2.77. The number of hydrogen-bond donors (Lipinski definition) is 1. The van der Waals surface area contributed by atoms with Crippen LogP contribution < -0.4 is 5.32 Å². The van der Waals surface area contributed by atoms with E-state index in [4.69, 9.17) is 0 Å². The van der Waals surface area contributed by atoms with Gasteiger partial charge in [-0.2, -0.15) is 0 Å². The van der Waals surface area contributed by atoms with E-state index in [1.54, 1.807) is 35.8 Å². The molecule has 24 heavy (non-hydrogen) atoms. The fraction of sp³-hybridized carbons (Fsp3) is 0.105. The summed E-state index contributed by atoms with van der Waals surface area (Å²) in [6, 6.07) is 12.5. The minimum atomic E-state index is -0.161. The Bertz CT molecular complexity index is 962. The van der Waals surface area contributed by atoms with Crippen molar-refractivity contribution in [3.8, 4) is 11.8 Å². The zero-order valence-corrected chi connectivity index (χ0v) is 13.8. The maximum atomic E-state index is 12.1. The van der Waals surface area contributed by atoms with Crippen LogP contribution in [0.3, 0.4) is 0 Å². The van der Waals surface area contributed by atoms with Crippen molar-refractivity contribution in [1.82, 2.24) is 10.3 Å². The Kier molecular flexibility index (Phi) is 4.69. The first kappa shape index (κ1) is 15.9. The Hall–Kier alpha value is -2.97. The lowest BCUT2D eigenvalue weighted by molar-refractivity contribution is 0.0957. The topological polar surface area (TPSA) is 59.1 Å². The average Bonchev–Trinajstić information content (AvgIpc) is 3.06. The van der Waals surface area contributed by atoms with E-state index in [1.165, 1.54) is 18.3 Å². The van der Waals surface area contributed by atoms with Gasteiger partial charge in [0.1, 0.15) is 0 Å². The van der Waals surface area contributed by atoms with Gasteiger partial charge in [-0.3, -0.25) is 9.59 Å². The highest BCUT2D eigenvalue weighted by molar-refractivity contribution is 7.16. The molecule has 0 radical (unpaired) electrons. The lowest BCUT2D eigenvalue weighted by Crippen LogP contribution is -2.23. The molecule has 1 amide bonds. The van der Waals surface area contributed by atoms with E-state index in [2.05, 4.69) is 22.1 Å². The van der Waals surface area contributed by atoms with Crippen LogP contribution in [0.4, 0.5) is 0 Å². The molecular weight excluding hydrogens is 320 g/mol. The van der Waals surface area contributed by atoms with Gasteiger partial charge >= 0.3 is 0 Å². The van der Waals surface area contributed by atoms with E-state index in [-0.39, 0.29) is 18.2 Å². The Morgan fingerprint density at radius 1 is 1.12 bits per heavy atom. The zero-order chi connectivity index (χ0) is 16.9. The molecule has 0 saturated carbocycles. The lowest BCUT2D eigenvalue weighted by Gasteiger charge is -2.01. The van der Waals surface area contributed by atoms with Gasteiger partial charge in [0.05, 0.1) is 22.3 Å².